The molecule has 0 unspecified atom stereocenters. The molecule has 0 spiro atoms. The quantitative estimate of drug-likeness (QED) is 0.427. The molecule has 5 heteroatoms. The monoisotopic (exact) mass is 291 g/mol. The van der Waals surface area contributed by atoms with Crippen LogP contribution in [0.15, 0.2) is 18.2 Å². The zero-order chi connectivity index (χ0) is 15.1. The number of hydrazine groups is 1. The highest BCUT2D eigenvalue weighted by molar-refractivity contribution is 5.96. The van der Waals surface area contributed by atoms with E-state index in [2.05, 4.69) is 10.7 Å². The largest absolute Gasteiger partial charge is 0.376 e. The Morgan fingerprint density at radius 1 is 1.33 bits per heavy atom. The SMILES string of the molecule is Cc1cc(NN)ccc1C(=O)NCCOC1CCCCC1. The van der Waals surface area contributed by atoms with Gasteiger partial charge >= 0.3 is 0 Å². The summed E-state index contributed by atoms with van der Waals surface area (Å²) >= 11 is 0. The highest BCUT2D eigenvalue weighted by atomic mass is 16.5. The highest BCUT2D eigenvalue weighted by Gasteiger charge is 2.14. The molecule has 4 N–H and O–H groups in total. The van der Waals surface area contributed by atoms with Crippen molar-refractivity contribution in [1.29, 1.82) is 0 Å². The van der Waals surface area contributed by atoms with Crippen LogP contribution in [0.5, 0.6) is 0 Å². The number of nitrogens with one attached hydrogen (secondary N) is 2. The fourth-order valence-electron chi connectivity index (χ4n) is 2.73. The molecule has 1 amide bonds. The maximum atomic E-state index is 12.1. The molecule has 0 saturated heterocycles. The summed E-state index contributed by atoms with van der Waals surface area (Å²) in [5, 5.41) is 2.90. The number of carbonyl (C=O) groups excluding carboxylic acids is 1. The third kappa shape index (κ3) is 4.72. The van der Waals surface area contributed by atoms with E-state index in [1.807, 2.05) is 13.0 Å². The molecular formula is C16H25N3O2. The first-order chi connectivity index (χ1) is 10.2. The van der Waals surface area contributed by atoms with E-state index in [4.69, 9.17) is 10.6 Å². The number of rotatable bonds is 6. The Hall–Kier alpha value is -1.59. The second kappa shape index (κ2) is 8.00. The highest BCUT2D eigenvalue weighted by Crippen LogP contribution is 2.20. The van der Waals surface area contributed by atoms with Crippen molar-refractivity contribution in [2.75, 3.05) is 18.6 Å². The molecule has 5 nitrogen and oxygen atoms in total. The summed E-state index contributed by atoms with van der Waals surface area (Å²) in [4.78, 5) is 12.1. The van der Waals surface area contributed by atoms with Crippen LogP contribution in [0.1, 0.15) is 48.0 Å². The van der Waals surface area contributed by atoms with Gasteiger partial charge in [0.2, 0.25) is 0 Å². The lowest BCUT2D eigenvalue weighted by atomic mass is 9.98. The third-order valence-corrected chi connectivity index (χ3v) is 3.93. The van der Waals surface area contributed by atoms with Crippen LogP contribution in [0, 0.1) is 6.92 Å². The first-order valence-electron chi connectivity index (χ1n) is 7.68. The maximum absolute atomic E-state index is 12.1. The number of nitrogen functional groups attached to an aromatic ring is 1. The lowest BCUT2D eigenvalue weighted by Crippen LogP contribution is -2.29. The van der Waals surface area contributed by atoms with Gasteiger partial charge in [0.1, 0.15) is 0 Å². The smallest absolute Gasteiger partial charge is 0.251 e. The van der Waals surface area contributed by atoms with E-state index in [0.717, 1.165) is 24.1 Å². The molecule has 0 aromatic heterocycles. The zero-order valence-corrected chi connectivity index (χ0v) is 12.7. The first-order valence-corrected chi connectivity index (χ1v) is 7.68. The maximum Gasteiger partial charge on any atom is 0.251 e. The summed E-state index contributed by atoms with van der Waals surface area (Å²) in [7, 11) is 0. The van der Waals surface area contributed by atoms with Crippen molar-refractivity contribution in [3.8, 4) is 0 Å². The van der Waals surface area contributed by atoms with Crippen LogP contribution < -0.4 is 16.6 Å². The molecule has 0 radical (unpaired) electrons. The van der Waals surface area contributed by atoms with Crippen LogP contribution in [-0.4, -0.2) is 25.2 Å². The predicted molar refractivity (Wildman–Crippen MR) is 84.1 cm³/mol. The van der Waals surface area contributed by atoms with Crippen LogP contribution in [-0.2, 0) is 4.74 Å². The molecule has 1 saturated carbocycles. The van der Waals surface area contributed by atoms with Crippen LogP contribution in [0.3, 0.4) is 0 Å². The van der Waals surface area contributed by atoms with Crippen molar-refractivity contribution in [2.24, 2.45) is 5.84 Å². The molecule has 2 rings (SSSR count). The first kappa shape index (κ1) is 15.8. The standard InChI is InChI=1S/C16H25N3O2/c1-12-11-13(19-17)7-8-15(12)16(20)18-9-10-21-14-5-3-2-4-6-14/h7-8,11,14,19H,2-6,9-10,17H2,1H3,(H,18,20). The molecule has 1 aromatic carbocycles. The molecule has 116 valence electrons. The molecule has 1 aliphatic carbocycles. The number of aryl methyl sites for hydroxylation is 1. The van der Waals surface area contributed by atoms with Gasteiger partial charge in [-0.1, -0.05) is 19.3 Å². The van der Waals surface area contributed by atoms with Crippen LogP contribution in [0.4, 0.5) is 5.69 Å². The van der Waals surface area contributed by atoms with Gasteiger partial charge in [0.15, 0.2) is 0 Å². The van der Waals surface area contributed by atoms with Crippen molar-refractivity contribution < 1.29 is 9.53 Å². The van der Waals surface area contributed by atoms with Gasteiger partial charge in [0.25, 0.3) is 5.91 Å². The second-order valence-electron chi connectivity index (χ2n) is 5.56. The average molecular weight is 291 g/mol. The molecule has 0 aliphatic heterocycles. The number of amides is 1. The van der Waals surface area contributed by atoms with Gasteiger partial charge in [0.05, 0.1) is 12.7 Å². The van der Waals surface area contributed by atoms with Crippen molar-refractivity contribution in [2.45, 2.75) is 45.1 Å². The normalized spacial score (nSPS) is 15.7. The summed E-state index contributed by atoms with van der Waals surface area (Å²) < 4.78 is 5.79. The summed E-state index contributed by atoms with van der Waals surface area (Å²) in [6, 6.07) is 5.43. The fraction of sp³-hybridized carbons (Fsp3) is 0.562. The Balaban J connectivity index is 1.74. The lowest BCUT2D eigenvalue weighted by molar-refractivity contribution is 0.0299. The van der Waals surface area contributed by atoms with Gasteiger partial charge in [-0.2, -0.15) is 0 Å². The number of benzene rings is 1. The van der Waals surface area contributed by atoms with E-state index >= 15 is 0 Å². The van der Waals surface area contributed by atoms with Crippen LogP contribution in [0.2, 0.25) is 0 Å². The topological polar surface area (TPSA) is 76.4 Å². The third-order valence-electron chi connectivity index (χ3n) is 3.93. The Morgan fingerprint density at radius 3 is 2.76 bits per heavy atom. The van der Waals surface area contributed by atoms with Crippen molar-refractivity contribution in [3.05, 3.63) is 29.3 Å². The number of hydrogen-bond donors (Lipinski definition) is 3. The molecule has 1 fully saturated rings. The number of nitrogens with two attached hydrogens (primary N) is 1. The Morgan fingerprint density at radius 2 is 2.10 bits per heavy atom. The van der Waals surface area contributed by atoms with Gasteiger partial charge in [-0.05, 0) is 43.5 Å². The van der Waals surface area contributed by atoms with Crippen molar-refractivity contribution in [3.63, 3.8) is 0 Å². The van der Waals surface area contributed by atoms with Gasteiger partial charge in [-0.25, -0.2) is 0 Å². The number of carbonyl (C=O) groups is 1. The predicted octanol–water partition coefficient (Wildman–Crippen LogP) is 2.36. The van der Waals surface area contributed by atoms with E-state index in [1.165, 1.54) is 19.3 Å². The molecular weight excluding hydrogens is 266 g/mol. The molecule has 21 heavy (non-hydrogen) atoms. The molecule has 1 aliphatic rings. The van der Waals surface area contributed by atoms with Crippen molar-refractivity contribution in [1.82, 2.24) is 5.32 Å². The van der Waals surface area contributed by atoms with E-state index in [0.29, 0.717) is 24.8 Å². The van der Waals surface area contributed by atoms with E-state index in [9.17, 15) is 4.79 Å². The van der Waals surface area contributed by atoms with E-state index in [1.54, 1.807) is 12.1 Å². The average Bonchev–Trinajstić information content (AvgIpc) is 2.52. The number of ether oxygens (including phenoxy) is 1. The van der Waals surface area contributed by atoms with Crippen LogP contribution in [0.25, 0.3) is 0 Å². The number of anilines is 1. The Labute approximate surface area is 126 Å². The van der Waals surface area contributed by atoms with Crippen molar-refractivity contribution >= 4 is 11.6 Å². The van der Waals surface area contributed by atoms with Gasteiger partial charge in [-0.15, -0.1) is 0 Å². The van der Waals surface area contributed by atoms with Gasteiger partial charge in [-0.3, -0.25) is 10.6 Å². The minimum absolute atomic E-state index is 0.0664. The van der Waals surface area contributed by atoms with Gasteiger partial charge < -0.3 is 15.5 Å². The summed E-state index contributed by atoms with van der Waals surface area (Å²) in [5.41, 5.74) is 4.94. The molecule has 0 heterocycles. The summed E-state index contributed by atoms with van der Waals surface area (Å²) in [6.45, 7) is 3.03. The van der Waals surface area contributed by atoms with E-state index < -0.39 is 0 Å². The molecule has 0 atom stereocenters. The number of hydrogen-bond acceptors (Lipinski definition) is 4. The molecule has 1 aromatic rings. The minimum atomic E-state index is -0.0664. The minimum Gasteiger partial charge on any atom is -0.376 e. The Bertz CT molecular complexity index is 471. The lowest BCUT2D eigenvalue weighted by Gasteiger charge is -2.22. The van der Waals surface area contributed by atoms with E-state index in [-0.39, 0.29) is 5.91 Å². The second-order valence-corrected chi connectivity index (χ2v) is 5.56. The Kier molecular flexibility index (Phi) is 6.02. The fourth-order valence-corrected chi connectivity index (χ4v) is 2.73. The van der Waals surface area contributed by atoms with Crippen LogP contribution >= 0.6 is 0 Å². The van der Waals surface area contributed by atoms with Gasteiger partial charge in [0, 0.05) is 17.8 Å². The summed E-state index contributed by atoms with van der Waals surface area (Å²) in [6.07, 6.45) is 6.53. The zero-order valence-electron chi connectivity index (χ0n) is 12.7. The summed E-state index contributed by atoms with van der Waals surface area (Å²) in [5.74, 6) is 5.28. The molecule has 0 bridgehead atoms.